The molecule has 1 unspecified atom stereocenters. The second kappa shape index (κ2) is 3.34. The monoisotopic (exact) mass is 207 g/mol. The lowest BCUT2D eigenvalue weighted by Crippen LogP contribution is -2.45. The summed E-state index contributed by atoms with van der Waals surface area (Å²) in [5.74, 6) is -0.404. The Morgan fingerprint density at radius 3 is 2.71 bits per heavy atom. The molecule has 0 spiro atoms. The van der Waals surface area contributed by atoms with E-state index in [0.29, 0.717) is 0 Å². The third kappa shape index (κ3) is 1.26. The molecule has 0 saturated carbocycles. The molecule has 0 saturated heterocycles. The van der Waals surface area contributed by atoms with Crippen molar-refractivity contribution in [3.05, 3.63) is 41.7 Å². The molecular weight excluding hydrogens is 198 g/mol. The molecule has 1 aromatic heterocycles. The number of thioether (sulfide) groups is 1. The Hall–Kier alpha value is -1.49. The summed E-state index contributed by atoms with van der Waals surface area (Å²) in [6, 6.07) is 3.55. The van der Waals surface area contributed by atoms with Crippen LogP contribution in [0.25, 0.3) is 0 Å². The van der Waals surface area contributed by atoms with E-state index in [4.69, 9.17) is 5.73 Å². The highest BCUT2D eigenvalue weighted by atomic mass is 32.2. The van der Waals surface area contributed by atoms with Gasteiger partial charge in [-0.05, 0) is 17.5 Å². The fourth-order valence-corrected chi connectivity index (χ4v) is 2.20. The minimum Gasteiger partial charge on any atom is -0.367 e. The quantitative estimate of drug-likeness (QED) is 0.742. The van der Waals surface area contributed by atoms with Crippen molar-refractivity contribution in [1.82, 2.24) is 10.3 Å². The van der Waals surface area contributed by atoms with Gasteiger partial charge in [-0.25, -0.2) is 0 Å². The van der Waals surface area contributed by atoms with Gasteiger partial charge in [-0.2, -0.15) is 0 Å². The topological polar surface area (TPSA) is 68.0 Å². The first-order valence-corrected chi connectivity index (χ1v) is 4.94. The van der Waals surface area contributed by atoms with E-state index in [-0.39, 0.29) is 0 Å². The number of rotatable bonds is 2. The van der Waals surface area contributed by atoms with Crippen molar-refractivity contribution in [2.45, 2.75) is 4.87 Å². The van der Waals surface area contributed by atoms with E-state index in [2.05, 4.69) is 10.3 Å². The summed E-state index contributed by atoms with van der Waals surface area (Å²) in [5, 5.41) is 4.78. The minimum absolute atomic E-state index is 0.404. The lowest BCUT2D eigenvalue weighted by molar-refractivity contribution is -0.121. The molecule has 2 heterocycles. The zero-order chi connectivity index (χ0) is 10.0. The molecule has 2 rings (SSSR count). The maximum Gasteiger partial charge on any atom is 0.258 e. The van der Waals surface area contributed by atoms with Crippen LogP contribution in [0.1, 0.15) is 5.56 Å². The van der Waals surface area contributed by atoms with Crippen molar-refractivity contribution in [3.63, 3.8) is 0 Å². The van der Waals surface area contributed by atoms with E-state index < -0.39 is 10.8 Å². The number of carbonyl (C=O) groups is 1. The van der Waals surface area contributed by atoms with E-state index in [9.17, 15) is 4.79 Å². The Kier molecular flexibility index (Phi) is 2.17. The highest BCUT2D eigenvalue weighted by Gasteiger charge is 2.40. The van der Waals surface area contributed by atoms with Crippen molar-refractivity contribution in [3.8, 4) is 0 Å². The Labute approximate surface area is 85.6 Å². The molecule has 0 radical (unpaired) electrons. The number of nitrogens with two attached hydrogens (primary N) is 1. The predicted molar refractivity (Wildman–Crippen MR) is 55.0 cm³/mol. The minimum atomic E-state index is -0.858. The van der Waals surface area contributed by atoms with Crippen LogP contribution in [0.5, 0.6) is 0 Å². The molecule has 72 valence electrons. The maximum atomic E-state index is 11.4. The fraction of sp³-hybridized carbons (Fsp3) is 0.111. The molecular formula is C9H9N3OS. The molecule has 3 N–H and O–H groups in total. The van der Waals surface area contributed by atoms with Gasteiger partial charge in [-0.15, -0.1) is 0 Å². The molecule has 0 aliphatic carbocycles. The molecule has 1 aliphatic rings. The molecule has 1 aromatic rings. The van der Waals surface area contributed by atoms with Gasteiger partial charge in [0.25, 0.3) is 5.91 Å². The van der Waals surface area contributed by atoms with Crippen LogP contribution in [0.2, 0.25) is 0 Å². The van der Waals surface area contributed by atoms with Gasteiger partial charge in [0, 0.05) is 24.2 Å². The van der Waals surface area contributed by atoms with Gasteiger partial charge in [-0.3, -0.25) is 9.78 Å². The average molecular weight is 207 g/mol. The number of hydrogen-bond donors (Lipinski definition) is 2. The molecule has 1 atom stereocenters. The van der Waals surface area contributed by atoms with Crippen LogP contribution in [0, 0.1) is 0 Å². The number of pyridine rings is 1. The normalized spacial score (nSPS) is 24.6. The van der Waals surface area contributed by atoms with Crippen molar-refractivity contribution < 1.29 is 4.79 Å². The van der Waals surface area contributed by atoms with Gasteiger partial charge in [0.15, 0.2) is 4.87 Å². The summed E-state index contributed by atoms with van der Waals surface area (Å²) in [6.07, 6.45) is 5.00. The number of primary amides is 1. The van der Waals surface area contributed by atoms with Crippen LogP contribution in [0.3, 0.4) is 0 Å². The van der Waals surface area contributed by atoms with Crippen molar-refractivity contribution >= 4 is 17.7 Å². The van der Waals surface area contributed by atoms with E-state index >= 15 is 0 Å². The second-order valence-corrected chi connectivity index (χ2v) is 3.97. The summed E-state index contributed by atoms with van der Waals surface area (Å²) in [5.41, 5.74) is 6.20. The SMILES string of the molecule is NC(=O)C1(c2ccncc2)NC=CS1. The van der Waals surface area contributed by atoms with Gasteiger partial charge >= 0.3 is 0 Å². The van der Waals surface area contributed by atoms with Crippen LogP contribution in [0.15, 0.2) is 36.1 Å². The third-order valence-electron chi connectivity index (χ3n) is 2.03. The molecule has 1 amide bonds. The number of carbonyl (C=O) groups excluding carboxylic acids is 1. The zero-order valence-corrected chi connectivity index (χ0v) is 8.12. The lowest BCUT2D eigenvalue weighted by Gasteiger charge is -2.25. The highest BCUT2D eigenvalue weighted by Crippen LogP contribution is 2.37. The van der Waals surface area contributed by atoms with Crippen LogP contribution >= 0.6 is 11.8 Å². The summed E-state index contributed by atoms with van der Waals surface area (Å²) in [4.78, 5) is 14.4. The molecule has 5 heteroatoms. The maximum absolute atomic E-state index is 11.4. The van der Waals surface area contributed by atoms with Gasteiger partial charge in [0.05, 0.1) is 0 Å². The first-order valence-electron chi connectivity index (χ1n) is 4.07. The molecule has 0 fully saturated rings. The van der Waals surface area contributed by atoms with Gasteiger partial charge < -0.3 is 11.1 Å². The summed E-state index contributed by atoms with van der Waals surface area (Å²) >= 11 is 1.36. The summed E-state index contributed by atoms with van der Waals surface area (Å²) < 4.78 is 0. The van der Waals surface area contributed by atoms with Crippen LogP contribution in [-0.2, 0) is 9.67 Å². The van der Waals surface area contributed by atoms with Crippen molar-refractivity contribution in [1.29, 1.82) is 0 Å². The van der Waals surface area contributed by atoms with Crippen molar-refractivity contribution in [2.75, 3.05) is 0 Å². The van der Waals surface area contributed by atoms with Crippen LogP contribution in [-0.4, -0.2) is 10.9 Å². The number of aromatic nitrogens is 1. The van der Waals surface area contributed by atoms with Crippen molar-refractivity contribution in [2.24, 2.45) is 5.73 Å². The van der Waals surface area contributed by atoms with E-state index in [1.807, 2.05) is 5.41 Å². The largest absolute Gasteiger partial charge is 0.367 e. The number of nitrogens with one attached hydrogen (secondary N) is 1. The van der Waals surface area contributed by atoms with E-state index in [1.54, 1.807) is 30.7 Å². The number of nitrogens with zero attached hydrogens (tertiary/aromatic N) is 1. The molecule has 1 aliphatic heterocycles. The summed E-state index contributed by atoms with van der Waals surface area (Å²) in [7, 11) is 0. The molecule has 0 aromatic carbocycles. The molecule has 4 nitrogen and oxygen atoms in total. The number of hydrogen-bond acceptors (Lipinski definition) is 4. The van der Waals surface area contributed by atoms with Crippen LogP contribution < -0.4 is 11.1 Å². The second-order valence-electron chi connectivity index (χ2n) is 2.85. The Morgan fingerprint density at radius 1 is 1.50 bits per heavy atom. The Balaban J connectivity index is 2.43. The molecule has 0 bridgehead atoms. The van der Waals surface area contributed by atoms with E-state index in [0.717, 1.165) is 5.56 Å². The Bertz CT molecular complexity index is 369. The lowest BCUT2D eigenvalue weighted by atomic mass is 10.1. The molecule has 14 heavy (non-hydrogen) atoms. The van der Waals surface area contributed by atoms with Gasteiger partial charge in [-0.1, -0.05) is 11.8 Å². The predicted octanol–water partition coefficient (Wildman–Crippen LogP) is 0.527. The standard InChI is InChI=1S/C9H9N3OS/c10-8(13)9(12-5-6-14-9)7-1-3-11-4-2-7/h1-6,12H,(H2,10,13). The van der Waals surface area contributed by atoms with Crippen LogP contribution in [0.4, 0.5) is 0 Å². The van der Waals surface area contributed by atoms with Gasteiger partial charge in [0.1, 0.15) is 0 Å². The van der Waals surface area contributed by atoms with E-state index in [1.165, 1.54) is 11.8 Å². The fourth-order valence-electron chi connectivity index (χ4n) is 1.33. The smallest absolute Gasteiger partial charge is 0.258 e. The third-order valence-corrected chi connectivity index (χ3v) is 3.21. The summed E-state index contributed by atoms with van der Waals surface area (Å²) in [6.45, 7) is 0. The van der Waals surface area contributed by atoms with Gasteiger partial charge in [0.2, 0.25) is 0 Å². The average Bonchev–Trinajstić information content (AvgIpc) is 2.69. The zero-order valence-electron chi connectivity index (χ0n) is 7.31. The Morgan fingerprint density at radius 2 is 2.21 bits per heavy atom. The first-order chi connectivity index (χ1) is 6.76. The number of amides is 1. The highest BCUT2D eigenvalue weighted by molar-refractivity contribution is 8.03. The first kappa shape index (κ1) is 9.08.